The number of carbonyl (C=O) groups is 6. The number of hydrogen-bond donors (Lipinski definition) is 2. The number of methoxy groups -OCH3 is 1. The van der Waals surface area contributed by atoms with Crippen LogP contribution in [0, 0.1) is 28.6 Å². The van der Waals surface area contributed by atoms with Crippen molar-refractivity contribution in [1.29, 1.82) is 5.26 Å². The molecule has 8 aliphatic rings. The van der Waals surface area contributed by atoms with Gasteiger partial charge in [-0.2, -0.15) is 15.5 Å². The van der Waals surface area contributed by atoms with E-state index in [4.69, 9.17) is 14.9 Å². The molecule has 8 heterocycles. The molecule has 18 heteroatoms. The van der Waals surface area contributed by atoms with Gasteiger partial charge < -0.3 is 14.5 Å². The predicted octanol–water partition coefficient (Wildman–Crippen LogP) is 6.75. The highest BCUT2D eigenvalue weighted by molar-refractivity contribution is 6.28. The van der Waals surface area contributed by atoms with E-state index in [9.17, 15) is 34.0 Å². The van der Waals surface area contributed by atoms with Gasteiger partial charge in [0.1, 0.15) is 12.1 Å². The first-order valence-electron chi connectivity index (χ1n) is 29.0. The first-order valence-corrected chi connectivity index (χ1v) is 29.0. The normalized spacial score (nSPS) is 27.9. The molecule has 6 aromatic rings. The smallest absolute Gasteiger partial charge is 0.259 e. The van der Waals surface area contributed by atoms with Crippen LogP contribution in [-0.2, 0) is 47.8 Å². The van der Waals surface area contributed by atoms with Gasteiger partial charge in [-0.15, -0.1) is 0 Å². The molecule has 0 bridgehead atoms. The van der Waals surface area contributed by atoms with Crippen molar-refractivity contribution in [2.45, 2.75) is 126 Å². The molecule has 0 radical (unpaired) electrons. The van der Waals surface area contributed by atoms with Crippen molar-refractivity contribution >= 4 is 68.4 Å². The zero-order valence-corrected chi connectivity index (χ0v) is 46.2. The van der Waals surface area contributed by atoms with Crippen molar-refractivity contribution in [1.82, 2.24) is 40.0 Å². The van der Waals surface area contributed by atoms with E-state index in [2.05, 4.69) is 68.2 Å². The minimum Gasteiger partial charge on any atom is -0.377 e. The first kappa shape index (κ1) is 51.5. The van der Waals surface area contributed by atoms with Crippen molar-refractivity contribution < 1.29 is 33.5 Å². The monoisotopic (exact) mass is 1090 g/mol. The van der Waals surface area contributed by atoms with E-state index in [1.165, 1.54) is 0 Å². The fourth-order valence-corrected chi connectivity index (χ4v) is 15.3. The number of nitrogens with zero attached hydrogens (tertiary/aromatic N) is 9. The lowest BCUT2D eigenvalue weighted by atomic mass is 9.66. The number of hydrogen-bond acceptors (Lipinski definition) is 12. The Bertz CT molecular complexity index is 3700. The Hall–Kier alpha value is -7.59. The molecule has 416 valence electrons. The summed E-state index contributed by atoms with van der Waals surface area (Å²) in [6.07, 6.45) is 17.2. The maximum atomic E-state index is 13.7. The van der Waals surface area contributed by atoms with Gasteiger partial charge in [0.2, 0.25) is 23.6 Å². The number of nitriles is 1. The number of imide groups is 2. The van der Waals surface area contributed by atoms with E-state index in [1.807, 2.05) is 74.1 Å². The molecule has 2 N–H and O–H groups in total. The van der Waals surface area contributed by atoms with Gasteiger partial charge in [0.15, 0.2) is 0 Å². The second-order valence-electron chi connectivity index (χ2n) is 25.3. The van der Waals surface area contributed by atoms with Crippen molar-refractivity contribution in [3.05, 3.63) is 119 Å². The van der Waals surface area contributed by atoms with Crippen LogP contribution in [0.5, 0.6) is 0 Å². The number of nitrogens with one attached hydrogen (secondary N) is 2. The van der Waals surface area contributed by atoms with E-state index >= 15 is 0 Å². The van der Waals surface area contributed by atoms with Gasteiger partial charge in [0.25, 0.3) is 11.8 Å². The number of carbonyl (C=O) groups excluding carboxylic acids is 6. The Morgan fingerprint density at radius 3 is 1.54 bits per heavy atom. The highest BCUT2D eigenvalue weighted by Gasteiger charge is 2.64. The maximum Gasteiger partial charge on any atom is 0.259 e. The lowest BCUT2D eigenvalue weighted by Gasteiger charge is -2.51. The fraction of sp³-hybridized carbons (Fsp3) is 0.476. The van der Waals surface area contributed by atoms with E-state index in [0.717, 1.165) is 128 Å². The number of aromatic nitrogens is 4. The second kappa shape index (κ2) is 19.0. The number of anilines is 2. The number of amides is 6. The van der Waals surface area contributed by atoms with Crippen LogP contribution >= 0.6 is 0 Å². The third-order valence-corrected chi connectivity index (χ3v) is 20.4. The SMILES string of the molecule is COC1(CN2CCC(C)(n3cc(Cc4ccc5c6c(cccc46)C(=O)N5C4CCC(=O)NC4=O)cn3)CC2)CC(C2CC2(C#N)CN2CCC(C)(n3cc(Cc4ccc5c6c(cccc46)C(=O)N5C4CCC(=O)NC4=O)cn3)CC2)C1. The number of likely N-dealkylation sites (tertiary alicyclic amines) is 2. The maximum absolute atomic E-state index is 13.7. The highest BCUT2D eigenvalue weighted by atomic mass is 16.5. The molecule has 0 spiro atoms. The topological polar surface area (TPSA) is 208 Å². The summed E-state index contributed by atoms with van der Waals surface area (Å²) in [6.45, 7) is 9.97. The van der Waals surface area contributed by atoms with Crippen LogP contribution in [0.25, 0.3) is 21.5 Å². The summed E-state index contributed by atoms with van der Waals surface area (Å²) in [7, 11) is 1.86. The molecule has 18 nitrogen and oxygen atoms in total. The number of benzene rings is 4. The van der Waals surface area contributed by atoms with E-state index in [0.29, 0.717) is 60.0 Å². The van der Waals surface area contributed by atoms with E-state index in [-0.39, 0.29) is 58.6 Å². The van der Waals surface area contributed by atoms with Gasteiger partial charge in [0.05, 0.1) is 51.9 Å². The Labute approximate surface area is 469 Å². The Morgan fingerprint density at radius 1 is 0.630 bits per heavy atom. The largest absolute Gasteiger partial charge is 0.377 e. The molecule has 4 atom stereocenters. The average molecular weight is 1090 g/mol. The highest BCUT2D eigenvalue weighted by Crippen LogP contribution is 2.63. The van der Waals surface area contributed by atoms with Crippen molar-refractivity contribution in [3.63, 3.8) is 0 Å². The fourth-order valence-electron chi connectivity index (χ4n) is 15.3. The van der Waals surface area contributed by atoms with Crippen molar-refractivity contribution in [3.8, 4) is 6.07 Å². The summed E-state index contributed by atoms with van der Waals surface area (Å²) in [5.74, 6) is -1.04. The lowest BCUT2D eigenvalue weighted by Crippen LogP contribution is -2.57. The molecule has 6 fully saturated rings. The van der Waals surface area contributed by atoms with Gasteiger partial charge in [-0.25, -0.2) is 0 Å². The van der Waals surface area contributed by atoms with Gasteiger partial charge in [-0.05, 0) is 141 Å². The summed E-state index contributed by atoms with van der Waals surface area (Å²) in [6, 6.07) is 20.9. The molecule has 2 aliphatic carbocycles. The third-order valence-electron chi connectivity index (χ3n) is 20.4. The van der Waals surface area contributed by atoms with Gasteiger partial charge in [-0.3, -0.25) is 58.6 Å². The van der Waals surface area contributed by atoms with Gasteiger partial charge >= 0.3 is 0 Å². The van der Waals surface area contributed by atoms with E-state index in [1.54, 1.807) is 9.80 Å². The standard InChI is InChI=1S/C63H67N11O7/c1-60(71-33-38(31-65-71)26-40-10-12-48-54-43(40)6-4-8-45(54)58(79)73(48)50-14-16-52(75)67-56(50)77)18-22-69(23-19-60)36-62(35-64)30-47(62)42-28-63(29-42,81-3)37-70-24-20-61(2,21-25-70)72-34-39(32-66-72)27-41-11-13-49-55-44(41)7-5-9-46(55)59(80)74(49)51-15-17-53(76)68-57(51)78/h4-13,31-34,42,47,50-51H,14-30,36-37H2,1-3H3,(H,67,75,77)(H,68,76,78). The molecular formula is C63H67N11O7. The number of piperidine rings is 4. The third kappa shape index (κ3) is 8.51. The molecule has 2 saturated carbocycles. The summed E-state index contributed by atoms with van der Waals surface area (Å²) in [4.78, 5) is 85.2. The first-order chi connectivity index (χ1) is 39.1. The average Bonchev–Trinajstić information content (AvgIpc) is 3.85. The quantitative estimate of drug-likeness (QED) is 0.109. The van der Waals surface area contributed by atoms with E-state index < -0.39 is 23.9 Å². The molecule has 4 unspecified atom stereocenters. The lowest BCUT2D eigenvalue weighted by molar-refractivity contribution is -0.135. The second-order valence-corrected chi connectivity index (χ2v) is 25.3. The van der Waals surface area contributed by atoms with Crippen molar-refractivity contribution in [2.24, 2.45) is 17.3 Å². The van der Waals surface area contributed by atoms with Gasteiger partial charge in [0, 0.05) is 106 Å². The Balaban J connectivity index is 0.559. The minimum absolute atomic E-state index is 0.140. The molecule has 6 amide bonds. The molecule has 81 heavy (non-hydrogen) atoms. The van der Waals surface area contributed by atoms with Crippen LogP contribution in [0.1, 0.15) is 127 Å². The zero-order valence-electron chi connectivity index (χ0n) is 46.2. The summed E-state index contributed by atoms with van der Waals surface area (Å²) < 4.78 is 10.6. The molecule has 2 aromatic heterocycles. The molecule has 14 rings (SSSR count). The molecule has 4 saturated heterocycles. The molecule has 4 aromatic carbocycles. The van der Waals surface area contributed by atoms with Crippen LogP contribution < -0.4 is 20.4 Å². The zero-order chi connectivity index (χ0) is 55.7. The Morgan fingerprint density at radius 2 is 1.10 bits per heavy atom. The molecule has 6 aliphatic heterocycles. The van der Waals surface area contributed by atoms with Crippen LogP contribution in [-0.4, -0.2) is 129 Å². The molecular weight excluding hydrogens is 1020 g/mol. The van der Waals surface area contributed by atoms with Gasteiger partial charge in [-0.1, -0.05) is 36.4 Å². The predicted molar refractivity (Wildman–Crippen MR) is 301 cm³/mol. The van der Waals surface area contributed by atoms with Crippen molar-refractivity contribution in [2.75, 3.05) is 56.2 Å². The summed E-state index contributed by atoms with van der Waals surface area (Å²) in [5.41, 5.74) is 6.10. The van der Waals surface area contributed by atoms with Crippen LogP contribution in [0.3, 0.4) is 0 Å². The van der Waals surface area contributed by atoms with Crippen LogP contribution in [0.2, 0.25) is 0 Å². The Kier molecular flexibility index (Phi) is 12.1. The summed E-state index contributed by atoms with van der Waals surface area (Å²) in [5, 5.41) is 29.0. The number of rotatable bonds is 14. The summed E-state index contributed by atoms with van der Waals surface area (Å²) >= 11 is 0. The minimum atomic E-state index is -0.724. The number of ether oxygens (including phenoxy) is 1. The van der Waals surface area contributed by atoms with Crippen LogP contribution in [0.15, 0.2) is 85.5 Å². The van der Waals surface area contributed by atoms with Crippen LogP contribution in [0.4, 0.5) is 11.4 Å².